The number of ether oxygens (including phenoxy) is 3. The summed E-state index contributed by atoms with van der Waals surface area (Å²) in [5.74, 6) is 2.16. The van der Waals surface area contributed by atoms with Crippen LogP contribution in [0.15, 0.2) is 59.0 Å². The Bertz CT molecular complexity index is 1260. The average Bonchev–Trinajstić information content (AvgIpc) is 3.22. The van der Waals surface area contributed by atoms with Gasteiger partial charge in [-0.05, 0) is 49.2 Å². The van der Waals surface area contributed by atoms with Crippen LogP contribution in [0.2, 0.25) is 0 Å². The van der Waals surface area contributed by atoms with Crippen LogP contribution in [-0.4, -0.2) is 29.9 Å². The Morgan fingerprint density at radius 2 is 1.84 bits per heavy atom. The van der Waals surface area contributed by atoms with Gasteiger partial charge in [-0.15, -0.1) is 11.3 Å². The summed E-state index contributed by atoms with van der Waals surface area (Å²) in [5, 5.41) is 1.97. The monoisotopic (exact) mass is 436 g/mol. The molecular weight excluding hydrogens is 412 g/mol. The first-order valence-corrected chi connectivity index (χ1v) is 11.0. The highest BCUT2D eigenvalue weighted by atomic mass is 32.1. The minimum atomic E-state index is -0.0555. The standard InChI is InChI=1S/C24H24N2O4S/c1-4-29-20-10-9-17(12-21(20)30-5-2)19-14-31-23-22(19)25-15-26(24(23)27)13-16-7-6-8-18(11-16)28-3/h6-12,14-15H,4-5,13H2,1-3H3. The summed E-state index contributed by atoms with van der Waals surface area (Å²) in [5.41, 5.74) is 3.47. The molecule has 0 fully saturated rings. The van der Waals surface area contributed by atoms with Crippen LogP contribution in [-0.2, 0) is 6.54 Å². The molecule has 0 amide bonds. The highest BCUT2D eigenvalue weighted by Crippen LogP contribution is 2.36. The van der Waals surface area contributed by atoms with E-state index in [1.54, 1.807) is 18.0 Å². The largest absolute Gasteiger partial charge is 0.497 e. The Kier molecular flexibility index (Phi) is 6.23. The van der Waals surface area contributed by atoms with Gasteiger partial charge in [-0.25, -0.2) is 4.98 Å². The molecule has 0 aliphatic rings. The van der Waals surface area contributed by atoms with Crippen molar-refractivity contribution in [3.63, 3.8) is 0 Å². The van der Waals surface area contributed by atoms with Gasteiger partial charge in [-0.2, -0.15) is 0 Å². The maximum absolute atomic E-state index is 13.1. The molecule has 0 bridgehead atoms. The first-order valence-electron chi connectivity index (χ1n) is 10.1. The minimum absolute atomic E-state index is 0.0555. The van der Waals surface area contributed by atoms with E-state index in [0.717, 1.165) is 22.4 Å². The molecule has 6 nitrogen and oxygen atoms in total. The summed E-state index contributed by atoms with van der Waals surface area (Å²) in [6.45, 7) is 5.42. The number of methoxy groups -OCH3 is 1. The van der Waals surface area contributed by atoms with E-state index in [9.17, 15) is 4.79 Å². The van der Waals surface area contributed by atoms with Crippen molar-refractivity contribution in [3.05, 3.63) is 70.1 Å². The molecular formula is C24H24N2O4S. The lowest BCUT2D eigenvalue weighted by Gasteiger charge is -2.12. The van der Waals surface area contributed by atoms with Crippen molar-refractivity contribution in [1.29, 1.82) is 0 Å². The molecule has 0 N–H and O–H groups in total. The molecule has 2 aromatic carbocycles. The zero-order chi connectivity index (χ0) is 21.8. The summed E-state index contributed by atoms with van der Waals surface area (Å²) in [4.78, 5) is 17.7. The molecule has 31 heavy (non-hydrogen) atoms. The molecule has 0 aliphatic heterocycles. The molecule has 7 heteroatoms. The van der Waals surface area contributed by atoms with Gasteiger partial charge >= 0.3 is 0 Å². The van der Waals surface area contributed by atoms with E-state index in [2.05, 4.69) is 4.98 Å². The van der Waals surface area contributed by atoms with Crippen LogP contribution in [0.5, 0.6) is 17.2 Å². The van der Waals surface area contributed by atoms with Gasteiger partial charge in [0.05, 0.1) is 38.7 Å². The van der Waals surface area contributed by atoms with Crippen LogP contribution in [0, 0.1) is 0 Å². The van der Waals surface area contributed by atoms with Crippen LogP contribution < -0.4 is 19.8 Å². The molecule has 0 radical (unpaired) electrons. The second kappa shape index (κ2) is 9.22. The molecule has 0 saturated heterocycles. The van der Waals surface area contributed by atoms with Crippen LogP contribution in [0.3, 0.4) is 0 Å². The normalized spacial score (nSPS) is 10.9. The van der Waals surface area contributed by atoms with Crippen molar-refractivity contribution >= 4 is 21.6 Å². The van der Waals surface area contributed by atoms with Crippen molar-refractivity contribution in [1.82, 2.24) is 9.55 Å². The van der Waals surface area contributed by atoms with Crippen molar-refractivity contribution in [2.24, 2.45) is 0 Å². The third kappa shape index (κ3) is 4.27. The van der Waals surface area contributed by atoms with Crippen molar-refractivity contribution in [2.75, 3.05) is 20.3 Å². The Labute approximate surface area is 184 Å². The van der Waals surface area contributed by atoms with Gasteiger partial charge in [0, 0.05) is 10.9 Å². The smallest absolute Gasteiger partial charge is 0.271 e. The van der Waals surface area contributed by atoms with Gasteiger partial charge in [-0.3, -0.25) is 9.36 Å². The SMILES string of the molecule is CCOc1ccc(-c2csc3c(=O)n(Cc4cccc(OC)c4)cnc23)cc1OCC. The van der Waals surface area contributed by atoms with E-state index in [-0.39, 0.29) is 5.56 Å². The molecule has 0 unspecified atom stereocenters. The molecule has 2 heterocycles. The summed E-state index contributed by atoms with van der Waals surface area (Å²) in [6.07, 6.45) is 1.61. The highest BCUT2D eigenvalue weighted by molar-refractivity contribution is 7.17. The molecule has 160 valence electrons. The van der Waals surface area contributed by atoms with E-state index in [0.29, 0.717) is 41.5 Å². The molecule has 0 atom stereocenters. The number of hydrogen-bond donors (Lipinski definition) is 0. The lowest BCUT2D eigenvalue weighted by atomic mass is 10.1. The lowest BCUT2D eigenvalue weighted by molar-refractivity contribution is 0.288. The Hall–Kier alpha value is -3.32. The Balaban J connectivity index is 1.71. The summed E-state index contributed by atoms with van der Waals surface area (Å²) >= 11 is 1.41. The number of rotatable bonds is 8. The molecule has 4 rings (SSSR count). The zero-order valence-corrected chi connectivity index (χ0v) is 18.6. The second-order valence-electron chi connectivity index (χ2n) is 6.88. The van der Waals surface area contributed by atoms with E-state index >= 15 is 0 Å². The van der Waals surface area contributed by atoms with Gasteiger partial charge in [-0.1, -0.05) is 18.2 Å². The number of thiophene rings is 1. The van der Waals surface area contributed by atoms with Gasteiger partial charge < -0.3 is 14.2 Å². The second-order valence-corrected chi connectivity index (χ2v) is 7.76. The maximum atomic E-state index is 13.1. The average molecular weight is 437 g/mol. The van der Waals surface area contributed by atoms with Crippen molar-refractivity contribution in [3.8, 4) is 28.4 Å². The van der Waals surface area contributed by atoms with Crippen molar-refractivity contribution < 1.29 is 14.2 Å². The van der Waals surface area contributed by atoms with Crippen LogP contribution in [0.4, 0.5) is 0 Å². The molecule has 2 aromatic heterocycles. The third-order valence-corrected chi connectivity index (χ3v) is 5.84. The minimum Gasteiger partial charge on any atom is -0.497 e. The van der Waals surface area contributed by atoms with Crippen LogP contribution >= 0.6 is 11.3 Å². The number of aromatic nitrogens is 2. The Morgan fingerprint density at radius 3 is 2.61 bits per heavy atom. The zero-order valence-electron chi connectivity index (χ0n) is 17.8. The summed E-state index contributed by atoms with van der Waals surface area (Å²) in [6, 6.07) is 13.5. The topological polar surface area (TPSA) is 62.6 Å². The van der Waals surface area contributed by atoms with Gasteiger partial charge in [0.25, 0.3) is 5.56 Å². The van der Waals surface area contributed by atoms with Crippen LogP contribution in [0.1, 0.15) is 19.4 Å². The predicted molar refractivity (Wildman–Crippen MR) is 124 cm³/mol. The predicted octanol–water partition coefficient (Wildman–Crippen LogP) is 4.98. The van der Waals surface area contributed by atoms with E-state index in [4.69, 9.17) is 14.2 Å². The van der Waals surface area contributed by atoms with E-state index in [1.807, 2.05) is 61.7 Å². The fourth-order valence-electron chi connectivity index (χ4n) is 3.45. The first kappa shape index (κ1) is 20.9. The fraction of sp³-hybridized carbons (Fsp3) is 0.250. The van der Waals surface area contributed by atoms with Gasteiger partial charge in [0.15, 0.2) is 11.5 Å². The van der Waals surface area contributed by atoms with E-state index in [1.165, 1.54) is 11.3 Å². The maximum Gasteiger partial charge on any atom is 0.271 e. The highest BCUT2D eigenvalue weighted by Gasteiger charge is 2.15. The third-order valence-electron chi connectivity index (χ3n) is 4.89. The summed E-state index contributed by atoms with van der Waals surface area (Å²) in [7, 11) is 1.63. The number of nitrogens with zero attached hydrogens (tertiary/aromatic N) is 2. The van der Waals surface area contributed by atoms with Gasteiger partial charge in [0.1, 0.15) is 10.4 Å². The summed E-state index contributed by atoms with van der Waals surface area (Å²) < 4.78 is 18.9. The number of hydrogen-bond acceptors (Lipinski definition) is 6. The lowest BCUT2D eigenvalue weighted by Crippen LogP contribution is -2.20. The number of fused-ring (bicyclic) bond motifs is 1. The van der Waals surface area contributed by atoms with Crippen LogP contribution in [0.25, 0.3) is 21.3 Å². The van der Waals surface area contributed by atoms with Crippen molar-refractivity contribution in [2.45, 2.75) is 20.4 Å². The molecule has 0 spiro atoms. The number of benzene rings is 2. The fourth-order valence-corrected chi connectivity index (χ4v) is 4.42. The first-order chi connectivity index (χ1) is 15.1. The molecule has 0 saturated carbocycles. The van der Waals surface area contributed by atoms with E-state index < -0.39 is 0 Å². The Morgan fingerprint density at radius 1 is 1.03 bits per heavy atom. The molecule has 4 aromatic rings. The quantitative estimate of drug-likeness (QED) is 0.390. The molecule has 0 aliphatic carbocycles. The van der Waals surface area contributed by atoms with Gasteiger partial charge in [0.2, 0.25) is 0 Å².